The van der Waals surface area contributed by atoms with Gasteiger partial charge in [-0.3, -0.25) is 4.79 Å². The van der Waals surface area contributed by atoms with Gasteiger partial charge < -0.3 is 15.8 Å². The summed E-state index contributed by atoms with van der Waals surface area (Å²) < 4.78 is 5.99. The molecule has 0 aliphatic heterocycles. The number of hydrogen-bond donors (Lipinski definition) is 2. The van der Waals surface area contributed by atoms with Crippen molar-refractivity contribution in [2.75, 3.05) is 12.4 Å². The molecule has 1 rings (SSSR count). The summed E-state index contributed by atoms with van der Waals surface area (Å²) >= 11 is 8.45. The first-order chi connectivity index (χ1) is 9.39. The molecule has 0 aliphatic carbocycles. The zero-order valence-electron chi connectivity index (χ0n) is 11.8. The zero-order chi connectivity index (χ0) is 15.3. The molecule has 3 N–H and O–H groups in total. The summed E-state index contributed by atoms with van der Waals surface area (Å²) in [6.07, 6.45) is 1.13. The van der Waals surface area contributed by atoms with Crippen LogP contribution in [-0.2, 0) is 4.79 Å². The summed E-state index contributed by atoms with van der Waals surface area (Å²) in [5, 5.41) is 2.87. The molecule has 6 heteroatoms. The molecule has 0 aromatic heterocycles. The molecular formula is C14H19BrN2O2S. The third-order valence-electron chi connectivity index (χ3n) is 3.48. The lowest BCUT2D eigenvalue weighted by Crippen LogP contribution is -2.45. The molecule has 0 spiro atoms. The first kappa shape index (κ1) is 16.9. The van der Waals surface area contributed by atoms with Crippen LogP contribution < -0.4 is 15.8 Å². The van der Waals surface area contributed by atoms with Gasteiger partial charge in [0.2, 0.25) is 5.91 Å². The molecule has 0 heterocycles. The molecule has 4 nitrogen and oxygen atoms in total. The number of nitrogens with two attached hydrogens (primary N) is 1. The molecule has 0 atom stereocenters. The van der Waals surface area contributed by atoms with E-state index in [0.717, 1.165) is 4.47 Å². The van der Waals surface area contributed by atoms with Crippen molar-refractivity contribution in [3.05, 3.63) is 22.7 Å². The highest BCUT2D eigenvalue weighted by atomic mass is 79.9. The predicted molar refractivity (Wildman–Crippen MR) is 89.1 cm³/mol. The largest absolute Gasteiger partial charge is 0.497 e. The molecule has 0 saturated heterocycles. The summed E-state index contributed by atoms with van der Waals surface area (Å²) in [4.78, 5) is 12.7. The van der Waals surface area contributed by atoms with Gasteiger partial charge in [-0.2, -0.15) is 0 Å². The van der Waals surface area contributed by atoms with Gasteiger partial charge in [0.05, 0.1) is 17.5 Å². The topological polar surface area (TPSA) is 64.3 Å². The molecule has 1 amide bonds. The van der Waals surface area contributed by atoms with E-state index in [0.29, 0.717) is 24.3 Å². The van der Waals surface area contributed by atoms with Crippen LogP contribution in [0.15, 0.2) is 22.7 Å². The molecule has 0 aliphatic rings. The highest BCUT2D eigenvalue weighted by molar-refractivity contribution is 9.10. The number of halogens is 1. The Labute approximate surface area is 133 Å². The zero-order valence-corrected chi connectivity index (χ0v) is 14.2. The highest BCUT2D eigenvalue weighted by Crippen LogP contribution is 2.30. The number of amides is 1. The number of rotatable bonds is 6. The Balaban J connectivity index is 3.05. The number of benzene rings is 1. The minimum Gasteiger partial charge on any atom is -0.497 e. The van der Waals surface area contributed by atoms with Gasteiger partial charge in [0.15, 0.2) is 0 Å². The molecule has 110 valence electrons. The van der Waals surface area contributed by atoms with Crippen LogP contribution >= 0.6 is 28.1 Å². The number of anilines is 1. The molecule has 0 unspecified atom stereocenters. The average Bonchev–Trinajstić information content (AvgIpc) is 2.39. The number of carbonyl (C=O) groups is 1. The maximum absolute atomic E-state index is 12.5. The normalized spacial score (nSPS) is 11.0. The summed E-state index contributed by atoms with van der Waals surface area (Å²) in [6.45, 7) is 3.81. The number of methoxy groups -OCH3 is 1. The minimum absolute atomic E-state index is 0.185. The molecule has 1 aromatic rings. The van der Waals surface area contributed by atoms with Gasteiger partial charge in [0, 0.05) is 16.2 Å². The average molecular weight is 359 g/mol. The van der Waals surface area contributed by atoms with Crippen LogP contribution in [0.2, 0.25) is 0 Å². The molecular weight excluding hydrogens is 340 g/mol. The minimum atomic E-state index is -0.815. The molecule has 1 aromatic carbocycles. The lowest BCUT2D eigenvalue weighted by atomic mass is 9.81. The van der Waals surface area contributed by atoms with Crippen LogP contribution in [0.1, 0.15) is 26.7 Å². The van der Waals surface area contributed by atoms with Crippen LogP contribution in [0.4, 0.5) is 5.69 Å². The number of nitrogens with one attached hydrogen (secondary N) is 1. The van der Waals surface area contributed by atoms with E-state index < -0.39 is 5.41 Å². The smallest absolute Gasteiger partial charge is 0.237 e. The monoisotopic (exact) mass is 358 g/mol. The van der Waals surface area contributed by atoms with Gasteiger partial charge in [-0.05, 0) is 25.0 Å². The second kappa shape index (κ2) is 7.04. The van der Waals surface area contributed by atoms with E-state index in [-0.39, 0.29) is 10.9 Å². The molecule has 0 bridgehead atoms. The van der Waals surface area contributed by atoms with Crippen LogP contribution in [0.5, 0.6) is 5.75 Å². The van der Waals surface area contributed by atoms with Crippen molar-refractivity contribution in [1.29, 1.82) is 0 Å². The Morgan fingerprint density at radius 3 is 2.45 bits per heavy atom. The Kier molecular flexibility index (Phi) is 5.95. The van der Waals surface area contributed by atoms with Crippen molar-refractivity contribution >= 4 is 44.7 Å². The van der Waals surface area contributed by atoms with Crippen molar-refractivity contribution in [1.82, 2.24) is 0 Å². The molecule has 20 heavy (non-hydrogen) atoms. The number of ether oxygens (including phenoxy) is 1. The van der Waals surface area contributed by atoms with Gasteiger partial charge in [-0.25, -0.2) is 0 Å². The van der Waals surface area contributed by atoms with Gasteiger partial charge in [0.1, 0.15) is 5.75 Å². The van der Waals surface area contributed by atoms with Gasteiger partial charge in [0.25, 0.3) is 0 Å². The van der Waals surface area contributed by atoms with Gasteiger partial charge in [-0.1, -0.05) is 42.0 Å². The van der Waals surface area contributed by atoms with Crippen LogP contribution in [0.3, 0.4) is 0 Å². The summed E-state index contributed by atoms with van der Waals surface area (Å²) in [5.41, 5.74) is 5.60. The lowest BCUT2D eigenvalue weighted by molar-refractivity contribution is -0.122. The quantitative estimate of drug-likeness (QED) is 0.764. The summed E-state index contributed by atoms with van der Waals surface area (Å²) in [7, 11) is 1.57. The molecule has 0 fully saturated rings. The van der Waals surface area contributed by atoms with E-state index >= 15 is 0 Å². The fourth-order valence-electron chi connectivity index (χ4n) is 2.03. The summed E-state index contributed by atoms with van der Waals surface area (Å²) in [6, 6.07) is 5.37. The van der Waals surface area contributed by atoms with Crippen molar-refractivity contribution < 1.29 is 9.53 Å². The Bertz CT molecular complexity index is 516. The first-order valence-corrected chi connectivity index (χ1v) is 7.55. The lowest BCUT2D eigenvalue weighted by Gasteiger charge is -2.29. The predicted octanol–water partition coefficient (Wildman–Crippen LogP) is 3.49. The van der Waals surface area contributed by atoms with Gasteiger partial charge >= 0.3 is 0 Å². The van der Waals surface area contributed by atoms with Crippen molar-refractivity contribution in [2.45, 2.75) is 26.7 Å². The van der Waals surface area contributed by atoms with Crippen molar-refractivity contribution in [3.8, 4) is 5.75 Å². The third kappa shape index (κ3) is 3.49. The number of hydrogen-bond acceptors (Lipinski definition) is 3. The summed E-state index contributed by atoms with van der Waals surface area (Å²) in [5.74, 6) is 0.471. The second-order valence-corrected chi connectivity index (χ2v) is 5.84. The van der Waals surface area contributed by atoms with E-state index in [1.54, 1.807) is 19.2 Å². The Hall–Kier alpha value is -1.14. The highest BCUT2D eigenvalue weighted by Gasteiger charge is 2.38. The van der Waals surface area contributed by atoms with Crippen molar-refractivity contribution in [2.24, 2.45) is 11.1 Å². The second-order valence-electron chi connectivity index (χ2n) is 4.49. The van der Waals surface area contributed by atoms with E-state index in [4.69, 9.17) is 22.7 Å². The van der Waals surface area contributed by atoms with Crippen LogP contribution in [0.25, 0.3) is 0 Å². The third-order valence-corrected chi connectivity index (χ3v) is 4.33. The van der Waals surface area contributed by atoms with Gasteiger partial charge in [-0.15, -0.1) is 0 Å². The fourth-order valence-corrected chi connectivity index (χ4v) is 2.89. The molecule has 0 saturated carbocycles. The Morgan fingerprint density at radius 2 is 2.00 bits per heavy atom. The van der Waals surface area contributed by atoms with Crippen LogP contribution in [0, 0.1) is 5.41 Å². The molecule has 0 radical (unpaired) electrons. The maximum atomic E-state index is 12.5. The standard InChI is InChI=1S/C14H19BrN2O2S/c1-4-14(5-2,12(16)20)13(18)17-10-6-9(15)7-11(8-10)19-3/h6-8H,4-5H2,1-3H3,(H2,16,20)(H,17,18). The van der Waals surface area contributed by atoms with Crippen LogP contribution in [-0.4, -0.2) is 18.0 Å². The van der Waals surface area contributed by atoms with Crippen molar-refractivity contribution in [3.63, 3.8) is 0 Å². The fraction of sp³-hybridized carbons (Fsp3) is 0.429. The van der Waals surface area contributed by atoms with E-state index in [1.165, 1.54) is 0 Å². The van der Waals surface area contributed by atoms with E-state index in [9.17, 15) is 4.79 Å². The number of carbonyl (C=O) groups excluding carboxylic acids is 1. The number of thiocarbonyl (C=S) groups is 1. The van der Waals surface area contributed by atoms with E-state index in [1.807, 2.05) is 19.9 Å². The maximum Gasteiger partial charge on any atom is 0.237 e. The Morgan fingerprint density at radius 1 is 1.40 bits per heavy atom. The SMILES string of the molecule is CCC(CC)(C(=O)Nc1cc(Br)cc(OC)c1)C(N)=S. The first-order valence-electron chi connectivity index (χ1n) is 6.35. The van der Waals surface area contributed by atoms with E-state index in [2.05, 4.69) is 21.2 Å².